The summed E-state index contributed by atoms with van der Waals surface area (Å²) in [5.74, 6) is 0.934. The normalized spacial score (nSPS) is 16.7. The largest absolute Gasteiger partial charge is 0.397 e. The van der Waals surface area contributed by atoms with E-state index in [1.807, 2.05) is 13.0 Å². The molecule has 4 heteroatoms. The molecule has 0 saturated heterocycles. The van der Waals surface area contributed by atoms with Crippen LogP contribution in [0.1, 0.15) is 37.6 Å². The van der Waals surface area contributed by atoms with Gasteiger partial charge in [-0.15, -0.1) is 11.3 Å². The molecular weight excluding hydrogens is 254 g/mol. The van der Waals surface area contributed by atoms with Crippen molar-refractivity contribution in [2.75, 3.05) is 11.1 Å². The Labute approximate surface area is 118 Å². The van der Waals surface area contributed by atoms with Gasteiger partial charge < -0.3 is 11.1 Å². The molecule has 3 rings (SSSR count). The molecule has 1 aliphatic carbocycles. The molecule has 1 heterocycles. The van der Waals surface area contributed by atoms with Gasteiger partial charge in [0.05, 0.1) is 26.6 Å². The molecule has 1 saturated carbocycles. The van der Waals surface area contributed by atoms with Crippen LogP contribution in [0.5, 0.6) is 0 Å². The molecule has 19 heavy (non-hydrogen) atoms. The highest BCUT2D eigenvalue weighted by Crippen LogP contribution is 2.36. The summed E-state index contributed by atoms with van der Waals surface area (Å²) in [6.45, 7) is 4.28. The van der Waals surface area contributed by atoms with Crippen LogP contribution in [0, 0.1) is 12.8 Å². The highest BCUT2D eigenvalue weighted by atomic mass is 32.1. The van der Waals surface area contributed by atoms with Gasteiger partial charge in [-0.05, 0) is 37.8 Å². The lowest BCUT2D eigenvalue weighted by Gasteiger charge is -2.19. The van der Waals surface area contributed by atoms with E-state index >= 15 is 0 Å². The first-order valence-corrected chi connectivity index (χ1v) is 7.90. The molecule has 2 aromatic rings. The lowest BCUT2D eigenvalue weighted by molar-refractivity contribution is 0.587. The Balaban J connectivity index is 1.83. The van der Waals surface area contributed by atoms with Crippen LogP contribution < -0.4 is 11.1 Å². The molecule has 102 valence electrons. The minimum Gasteiger partial charge on any atom is -0.397 e. The Morgan fingerprint density at radius 1 is 1.47 bits per heavy atom. The maximum atomic E-state index is 6.16. The number of aromatic nitrogens is 1. The van der Waals surface area contributed by atoms with Gasteiger partial charge in [-0.1, -0.05) is 19.8 Å². The average molecular weight is 275 g/mol. The topological polar surface area (TPSA) is 50.9 Å². The van der Waals surface area contributed by atoms with Crippen LogP contribution in [-0.4, -0.2) is 11.0 Å². The van der Waals surface area contributed by atoms with Crippen molar-refractivity contribution in [3.05, 3.63) is 17.1 Å². The van der Waals surface area contributed by atoms with E-state index in [1.54, 1.807) is 11.3 Å². The molecule has 0 radical (unpaired) electrons. The standard InChI is InChI=1S/C15H21N3S/c1-3-11(6-10-4-5-10)18-13-8-14-15(7-12(13)16)19-9(2)17-14/h7-8,10-11,18H,3-6,16H2,1-2H3. The minimum absolute atomic E-state index is 0.534. The number of aryl methyl sites for hydroxylation is 1. The third kappa shape index (κ3) is 2.84. The Kier molecular flexibility index (Phi) is 3.35. The van der Waals surface area contributed by atoms with E-state index in [9.17, 15) is 0 Å². The number of nitrogens with zero attached hydrogens (tertiary/aromatic N) is 1. The molecule has 0 spiro atoms. The Morgan fingerprint density at radius 3 is 2.95 bits per heavy atom. The van der Waals surface area contributed by atoms with Crippen LogP contribution in [0.4, 0.5) is 11.4 Å². The molecular formula is C15H21N3S. The highest BCUT2D eigenvalue weighted by molar-refractivity contribution is 7.18. The van der Waals surface area contributed by atoms with Gasteiger partial charge in [0, 0.05) is 6.04 Å². The predicted molar refractivity (Wildman–Crippen MR) is 83.8 cm³/mol. The van der Waals surface area contributed by atoms with Crippen molar-refractivity contribution in [2.24, 2.45) is 5.92 Å². The molecule has 0 bridgehead atoms. The zero-order chi connectivity index (χ0) is 13.4. The lowest BCUT2D eigenvalue weighted by Crippen LogP contribution is -2.19. The minimum atomic E-state index is 0.534. The summed E-state index contributed by atoms with van der Waals surface area (Å²) in [5.41, 5.74) is 9.10. The number of hydrogen-bond acceptors (Lipinski definition) is 4. The first-order valence-electron chi connectivity index (χ1n) is 7.09. The fraction of sp³-hybridized carbons (Fsp3) is 0.533. The summed E-state index contributed by atoms with van der Waals surface area (Å²) in [7, 11) is 0. The zero-order valence-corrected chi connectivity index (χ0v) is 12.4. The summed E-state index contributed by atoms with van der Waals surface area (Å²) in [5, 5.41) is 4.70. The van der Waals surface area contributed by atoms with Crippen molar-refractivity contribution in [3.63, 3.8) is 0 Å². The molecule has 0 amide bonds. The lowest BCUT2D eigenvalue weighted by atomic mass is 10.1. The number of benzene rings is 1. The molecule has 1 aromatic carbocycles. The summed E-state index contributed by atoms with van der Waals surface area (Å²) in [6.07, 6.45) is 5.21. The summed E-state index contributed by atoms with van der Waals surface area (Å²) in [6, 6.07) is 4.68. The number of nitrogens with one attached hydrogen (secondary N) is 1. The zero-order valence-electron chi connectivity index (χ0n) is 11.6. The SMILES string of the molecule is CCC(CC1CC1)Nc1cc2nc(C)sc2cc1N. The van der Waals surface area contributed by atoms with E-state index in [-0.39, 0.29) is 0 Å². The molecule has 1 atom stereocenters. The maximum absolute atomic E-state index is 6.16. The first kappa shape index (κ1) is 12.7. The third-order valence-corrected chi connectivity index (χ3v) is 4.77. The maximum Gasteiger partial charge on any atom is 0.0907 e. The van der Waals surface area contributed by atoms with E-state index < -0.39 is 0 Å². The van der Waals surface area contributed by atoms with Gasteiger partial charge in [0.25, 0.3) is 0 Å². The van der Waals surface area contributed by atoms with Crippen molar-refractivity contribution < 1.29 is 0 Å². The number of rotatable bonds is 5. The van der Waals surface area contributed by atoms with Crippen LogP contribution in [0.3, 0.4) is 0 Å². The highest BCUT2D eigenvalue weighted by Gasteiger charge is 2.25. The number of hydrogen-bond donors (Lipinski definition) is 2. The van der Waals surface area contributed by atoms with Crippen molar-refractivity contribution in [1.29, 1.82) is 0 Å². The fourth-order valence-corrected chi connectivity index (χ4v) is 3.39. The quantitative estimate of drug-likeness (QED) is 0.805. The Bertz CT molecular complexity index is 586. The smallest absolute Gasteiger partial charge is 0.0907 e. The van der Waals surface area contributed by atoms with E-state index in [0.29, 0.717) is 6.04 Å². The number of nitrogen functional groups attached to an aromatic ring is 1. The fourth-order valence-electron chi connectivity index (χ4n) is 2.53. The van der Waals surface area contributed by atoms with Crippen LogP contribution in [0.2, 0.25) is 0 Å². The summed E-state index contributed by atoms with van der Waals surface area (Å²) < 4.78 is 1.18. The Morgan fingerprint density at radius 2 is 2.26 bits per heavy atom. The van der Waals surface area contributed by atoms with E-state index in [2.05, 4.69) is 23.3 Å². The molecule has 1 fully saturated rings. The van der Waals surface area contributed by atoms with E-state index in [1.165, 1.54) is 24.0 Å². The Hall–Kier alpha value is -1.29. The second-order valence-corrected chi connectivity index (χ2v) is 6.80. The molecule has 1 aromatic heterocycles. The number of fused-ring (bicyclic) bond motifs is 1. The number of thiazole rings is 1. The first-order chi connectivity index (χ1) is 9.15. The monoisotopic (exact) mass is 275 g/mol. The van der Waals surface area contributed by atoms with Gasteiger partial charge in [0.2, 0.25) is 0 Å². The second kappa shape index (κ2) is 5.00. The van der Waals surface area contributed by atoms with Crippen molar-refractivity contribution in [1.82, 2.24) is 4.98 Å². The summed E-state index contributed by atoms with van der Waals surface area (Å²) >= 11 is 1.70. The number of anilines is 2. The van der Waals surface area contributed by atoms with Crippen LogP contribution in [0.25, 0.3) is 10.2 Å². The van der Waals surface area contributed by atoms with Crippen molar-refractivity contribution in [2.45, 2.75) is 45.6 Å². The van der Waals surface area contributed by atoms with Gasteiger partial charge in [-0.3, -0.25) is 0 Å². The van der Waals surface area contributed by atoms with Gasteiger partial charge in [-0.2, -0.15) is 0 Å². The van der Waals surface area contributed by atoms with Crippen LogP contribution in [0.15, 0.2) is 12.1 Å². The van der Waals surface area contributed by atoms with Crippen molar-refractivity contribution in [3.8, 4) is 0 Å². The van der Waals surface area contributed by atoms with Gasteiger partial charge in [0.15, 0.2) is 0 Å². The average Bonchev–Trinajstić information content (AvgIpc) is 3.11. The van der Waals surface area contributed by atoms with Crippen molar-refractivity contribution >= 4 is 32.9 Å². The molecule has 1 aliphatic rings. The molecule has 0 aliphatic heterocycles. The molecule has 1 unspecified atom stereocenters. The van der Waals surface area contributed by atoms with Crippen LogP contribution in [-0.2, 0) is 0 Å². The van der Waals surface area contributed by atoms with E-state index in [4.69, 9.17) is 5.73 Å². The van der Waals surface area contributed by atoms with Gasteiger partial charge in [-0.25, -0.2) is 4.98 Å². The van der Waals surface area contributed by atoms with E-state index in [0.717, 1.165) is 34.2 Å². The predicted octanol–water partition coefficient (Wildman–Crippen LogP) is 4.18. The summed E-state index contributed by atoms with van der Waals surface area (Å²) in [4.78, 5) is 4.54. The van der Waals surface area contributed by atoms with Gasteiger partial charge in [0.1, 0.15) is 0 Å². The van der Waals surface area contributed by atoms with Gasteiger partial charge >= 0.3 is 0 Å². The van der Waals surface area contributed by atoms with Crippen LogP contribution >= 0.6 is 11.3 Å². The second-order valence-electron chi connectivity index (χ2n) is 5.57. The number of nitrogens with two attached hydrogens (primary N) is 1. The third-order valence-electron chi connectivity index (χ3n) is 3.83. The molecule has 3 nitrogen and oxygen atoms in total. The molecule has 3 N–H and O–H groups in total.